The molecule has 2 aromatic rings. The van der Waals surface area contributed by atoms with Crippen LogP contribution in [0.15, 0.2) is 21.9 Å². The summed E-state index contributed by atoms with van der Waals surface area (Å²) < 4.78 is 1.11. The highest BCUT2D eigenvalue weighted by Crippen LogP contribution is 2.07. The lowest BCUT2D eigenvalue weighted by molar-refractivity contribution is 0.682. The fourth-order valence-corrected chi connectivity index (χ4v) is 1.68. The number of halogens is 1. The van der Waals surface area contributed by atoms with Gasteiger partial charge in [-0.1, -0.05) is 0 Å². The van der Waals surface area contributed by atoms with E-state index in [1.54, 1.807) is 13.0 Å². The lowest BCUT2D eigenvalue weighted by Gasteiger charge is -2.03. The van der Waals surface area contributed by atoms with E-state index in [-0.39, 0.29) is 11.1 Å². The van der Waals surface area contributed by atoms with Crippen molar-refractivity contribution in [2.75, 3.05) is 0 Å². The molecular weight excluding hydrogens is 230 g/mol. The van der Waals surface area contributed by atoms with E-state index in [0.717, 1.165) is 10.1 Å². The van der Waals surface area contributed by atoms with Crippen LogP contribution in [-0.2, 0) is 12.4 Å². The van der Waals surface area contributed by atoms with Gasteiger partial charge < -0.3 is 4.98 Å². The Kier molecular flexibility index (Phi) is 2.78. The van der Waals surface area contributed by atoms with Gasteiger partial charge in [-0.2, -0.15) is 0 Å². The molecule has 2 rings (SSSR count). The predicted molar refractivity (Wildman–Crippen MR) is 61.9 cm³/mol. The number of hydrogen-bond donors (Lipinski definition) is 1. The maximum atomic E-state index is 11.8. The van der Waals surface area contributed by atoms with E-state index in [2.05, 4.69) is 9.97 Å². The minimum absolute atomic E-state index is 0.260. The van der Waals surface area contributed by atoms with Gasteiger partial charge in [0.2, 0.25) is 0 Å². The van der Waals surface area contributed by atoms with Gasteiger partial charge in [0.25, 0.3) is 5.56 Å². The third kappa shape index (κ3) is 1.63. The van der Waals surface area contributed by atoms with E-state index >= 15 is 0 Å². The molecule has 0 saturated heterocycles. The highest BCUT2D eigenvalue weighted by molar-refractivity contribution is 6.17. The van der Waals surface area contributed by atoms with Crippen molar-refractivity contribution in [2.24, 2.45) is 0 Å². The summed E-state index contributed by atoms with van der Waals surface area (Å²) in [5, 5.41) is 0. The van der Waals surface area contributed by atoms with Crippen LogP contribution in [0.4, 0.5) is 0 Å². The van der Waals surface area contributed by atoms with Crippen molar-refractivity contribution in [3.05, 3.63) is 38.7 Å². The highest BCUT2D eigenvalue weighted by Gasteiger charge is 2.07. The number of nitrogens with zero attached hydrogens (tertiary/aromatic N) is 2. The van der Waals surface area contributed by atoms with Crippen LogP contribution >= 0.6 is 11.6 Å². The lowest BCUT2D eigenvalue weighted by atomic mass is 10.3. The predicted octanol–water partition coefficient (Wildman–Crippen LogP) is 0.843. The summed E-state index contributed by atoms with van der Waals surface area (Å²) in [7, 11) is 0. The normalized spacial score (nSPS) is 10.9. The van der Waals surface area contributed by atoms with Crippen LogP contribution in [0.2, 0.25) is 0 Å². The Balaban J connectivity index is 2.87. The van der Waals surface area contributed by atoms with Crippen LogP contribution < -0.4 is 11.2 Å². The smallest absolute Gasteiger partial charge is 0.305 e. The van der Waals surface area contributed by atoms with Crippen LogP contribution in [-0.4, -0.2) is 14.5 Å². The molecule has 5 nitrogen and oxygen atoms in total. The molecule has 2 aromatic heterocycles. The summed E-state index contributed by atoms with van der Waals surface area (Å²) in [6.45, 7) is 2.05. The quantitative estimate of drug-likeness (QED) is 0.790. The summed E-state index contributed by atoms with van der Waals surface area (Å²) in [5.41, 5.74) is 0.655. The van der Waals surface area contributed by atoms with Gasteiger partial charge in [-0.05, 0) is 18.6 Å². The molecule has 0 aliphatic heterocycles. The SMILES string of the molecule is CCn1c(=O)[nH]c2cc(CCl)cnc2c1=O. The third-order valence-corrected chi connectivity index (χ3v) is 2.66. The minimum atomic E-state index is -0.423. The number of H-pyrrole nitrogens is 1. The van der Waals surface area contributed by atoms with Gasteiger partial charge in [0.15, 0.2) is 5.52 Å². The minimum Gasteiger partial charge on any atom is -0.305 e. The average Bonchev–Trinajstić information content (AvgIpc) is 2.28. The first-order chi connectivity index (χ1) is 7.67. The maximum absolute atomic E-state index is 11.8. The van der Waals surface area contributed by atoms with Crippen molar-refractivity contribution in [1.82, 2.24) is 14.5 Å². The van der Waals surface area contributed by atoms with Gasteiger partial charge in [-0.3, -0.25) is 9.36 Å². The van der Waals surface area contributed by atoms with Gasteiger partial charge in [0.1, 0.15) is 0 Å². The van der Waals surface area contributed by atoms with Crippen molar-refractivity contribution in [3.8, 4) is 0 Å². The van der Waals surface area contributed by atoms with Gasteiger partial charge in [-0.15, -0.1) is 11.6 Å². The van der Waals surface area contributed by atoms with Crippen LogP contribution in [0, 0.1) is 0 Å². The van der Waals surface area contributed by atoms with E-state index in [4.69, 9.17) is 11.6 Å². The van der Waals surface area contributed by atoms with Crippen molar-refractivity contribution in [3.63, 3.8) is 0 Å². The molecule has 2 heterocycles. The summed E-state index contributed by atoms with van der Waals surface area (Å²) in [6.07, 6.45) is 1.54. The highest BCUT2D eigenvalue weighted by atomic mass is 35.5. The number of fused-ring (bicyclic) bond motifs is 1. The molecule has 1 N–H and O–H groups in total. The topological polar surface area (TPSA) is 67.8 Å². The molecule has 0 aromatic carbocycles. The Morgan fingerprint density at radius 1 is 1.50 bits per heavy atom. The summed E-state index contributed by atoms with van der Waals surface area (Å²) in [4.78, 5) is 30.0. The molecule has 0 atom stereocenters. The Hall–Kier alpha value is -1.62. The average molecular weight is 240 g/mol. The monoisotopic (exact) mass is 239 g/mol. The molecule has 0 fully saturated rings. The number of nitrogens with one attached hydrogen (secondary N) is 1. The number of pyridine rings is 1. The van der Waals surface area contributed by atoms with Crippen molar-refractivity contribution < 1.29 is 0 Å². The first-order valence-corrected chi connectivity index (χ1v) is 5.38. The largest absolute Gasteiger partial charge is 0.328 e. The van der Waals surface area contributed by atoms with Gasteiger partial charge in [-0.25, -0.2) is 9.78 Å². The van der Waals surface area contributed by atoms with E-state index in [9.17, 15) is 9.59 Å². The maximum Gasteiger partial charge on any atom is 0.328 e. The molecule has 0 spiro atoms. The zero-order valence-electron chi connectivity index (χ0n) is 8.66. The first kappa shape index (κ1) is 10.9. The van der Waals surface area contributed by atoms with Crippen molar-refractivity contribution in [1.29, 1.82) is 0 Å². The molecule has 0 unspecified atom stereocenters. The molecule has 84 valence electrons. The van der Waals surface area contributed by atoms with Gasteiger partial charge in [0.05, 0.1) is 5.52 Å². The molecule has 0 aliphatic rings. The second-order valence-corrected chi connectivity index (χ2v) is 3.62. The zero-order valence-corrected chi connectivity index (χ0v) is 9.41. The fourth-order valence-electron chi connectivity index (χ4n) is 1.54. The Morgan fingerprint density at radius 2 is 2.25 bits per heavy atom. The molecule has 0 bridgehead atoms. The molecule has 6 heteroatoms. The Bertz CT molecular complexity index is 645. The molecule has 0 amide bonds. The van der Waals surface area contributed by atoms with E-state index in [1.807, 2.05) is 0 Å². The second kappa shape index (κ2) is 4.09. The summed E-state index contributed by atoms with van der Waals surface area (Å²) in [6, 6.07) is 1.66. The molecular formula is C10H10ClN3O2. The van der Waals surface area contributed by atoms with Gasteiger partial charge >= 0.3 is 5.69 Å². The third-order valence-electron chi connectivity index (χ3n) is 2.35. The second-order valence-electron chi connectivity index (χ2n) is 3.35. The number of aromatic nitrogens is 3. The van der Waals surface area contributed by atoms with Crippen LogP contribution in [0.5, 0.6) is 0 Å². The standard InChI is InChI=1S/C10H10ClN3O2/c1-2-14-9(15)8-7(13-10(14)16)3-6(4-11)5-12-8/h3,5H,2,4H2,1H3,(H,13,16). The number of aromatic amines is 1. The van der Waals surface area contributed by atoms with E-state index in [0.29, 0.717) is 17.9 Å². The summed E-state index contributed by atoms with van der Waals surface area (Å²) in [5.74, 6) is 0.293. The first-order valence-electron chi connectivity index (χ1n) is 4.85. The molecule has 0 radical (unpaired) electrons. The van der Waals surface area contributed by atoms with Crippen molar-refractivity contribution in [2.45, 2.75) is 19.3 Å². The molecule has 16 heavy (non-hydrogen) atoms. The Labute approximate surface area is 95.7 Å². The van der Waals surface area contributed by atoms with Gasteiger partial charge in [0, 0.05) is 18.6 Å². The lowest BCUT2D eigenvalue weighted by Crippen LogP contribution is -2.34. The van der Waals surface area contributed by atoms with E-state index < -0.39 is 5.69 Å². The number of hydrogen-bond acceptors (Lipinski definition) is 3. The fraction of sp³-hybridized carbons (Fsp3) is 0.300. The summed E-state index contributed by atoms with van der Waals surface area (Å²) >= 11 is 5.65. The molecule has 0 aliphatic carbocycles. The van der Waals surface area contributed by atoms with Crippen LogP contribution in [0.3, 0.4) is 0 Å². The zero-order chi connectivity index (χ0) is 11.7. The van der Waals surface area contributed by atoms with Crippen LogP contribution in [0.1, 0.15) is 12.5 Å². The van der Waals surface area contributed by atoms with E-state index in [1.165, 1.54) is 6.20 Å². The van der Waals surface area contributed by atoms with Crippen molar-refractivity contribution >= 4 is 22.6 Å². The molecule has 0 saturated carbocycles. The number of alkyl halides is 1. The number of rotatable bonds is 2. The Morgan fingerprint density at radius 3 is 2.88 bits per heavy atom. The van der Waals surface area contributed by atoms with Crippen LogP contribution in [0.25, 0.3) is 11.0 Å².